The van der Waals surface area contributed by atoms with Crippen molar-refractivity contribution in [2.24, 2.45) is 0 Å². The van der Waals surface area contributed by atoms with Crippen molar-refractivity contribution in [3.63, 3.8) is 0 Å². The molecule has 1 aromatic rings. The van der Waals surface area contributed by atoms with Gasteiger partial charge >= 0.3 is 0 Å². The van der Waals surface area contributed by atoms with Crippen molar-refractivity contribution in [2.75, 3.05) is 6.54 Å². The summed E-state index contributed by atoms with van der Waals surface area (Å²) < 4.78 is 22.8. The van der Waals surface area contributed by atoms with Crippen molar-refractivity contribution in [1.29, 1.82) is 0 Å². The summed E-state index contributed by atoms with van der Waals surface area (Å²) in [6.07, 6.45) is 1.81. The standard InChI is InChI=1S/C12H15Cl2NO3S/c1-3-4-5-15-12(16)9-6-10(13)8(2)11(7-9)19(14,17)18/h6-7H,3-5H2,1-2H3,(H,15,16). The van der Waals surface area contributed by atoms with E-state index in [9.17, 15) is 13.2 Å². The number of benzene rings is 1. The zero-order valence-corrected chi connectivity index (χ0v) is 13.0. The van der Waals surface area contributed by atoms with Gasteiger partial charge in [0, 0.05) is 27.8 Å². The van der Waals surface area contributed by atoms with Gasteiger partial charge in [-0.15, -0.1) is 0 Å². The van der Waals surface area contributed by atoms with Crippen molar-refractivity contribution in [2.45, 2.75) is 31.6 Å². The highest BCUT2D eigenvalue weighted by molar-refractivity contribution is 8.13. The average Bonchev–Trinajstić information content (AvgIpc) is 2.31. The maximum atomic E-state index is 11.9. The summed E-state index contributed by atoms with van der Waals surface area (Å²) in [5.74, 6) is -0.364. The highest BCUT2D eigenvalue weighted by Gasteiger charge is 2.19. The van der Waals surface area contributed by atoms with Crippen molar-refractivity contribution in [3.05, 3.63) is 28.3 Å². The average molecular weight is 324 g/mol. The zero-order valence-electron chi connectivity index (χ0n) is 10.7. The van der Waals surface area contributed by atoms with Crippen LogP contribution in [0.4, 0.5) is 0 Å². The summed E-state index contributed by atoms with van der Waals surface area (Å²) in [5.41, 5.74) is 0.521. The van der Waals surface area contributed by atoms with Gasteiger partial charge in [-0.1, -0.05) is 24.9 Å². The van der Waals surface area contributed by atoms with Gasteiger partial charge < -0.3 is 5.32 Å². The van der Waals surface area contributed by atoms with E-state index in [0.717, 1.165) is 12.8 Å². The number of halogens is 2. The van der Waals surface area contributed by atoms with Crippen LogP contribution in [0.1, 0.15) is 35.7 Å². The van der Waals surface area contributed by atoms with Crippen LogP contribution in [0, 0.1) is 6.92 Å². The van der Waals surface area contributed by atoms with E-state index in [-0.39, 0.29) is 21.4 Å². The highest BCUT2D eigenvalue weighted by Crippen LogP contribution is 2.27. The first-order chi connectivity index (χ1) is 8.77. The van der Waals surface area contributed by atoms with Crippen molar-refractivity contribution in [3.8, 4) is 0 Å². The lowest BCUT2D eigenvalue weighted by molar-refractivity contribution is 0.0953. The predicted octanol–water partition coefficient (Wildman–Crippen LogP) is 3.11. The van der Waals surface area contributed by atoms with Gasteiger partial charge in [0.2, 0.25) is 0 Å². The molecule has 1 aromatic carbocycles. The van der Waals surface area contributed by atoms with Crippen LogP contribution in [0.5, 0.6) is 0 Å². The van der Waals surface area contributed by atoms with Crippen LogP contribution in [-0.4, -0.2) is 20.9 Å². The molecular formula is C12H15Cl2NO3S. The molecule has 0 spiro atoms. The van der Waals surface area contributed by atoms with Gasteiger partial charge in [0.25, 0.3) is 15.0 Å². The van der Waals surface area contributed by atoms with Crippen LogP contribution >= 0.6 is 22.3 Å². The Kier molecular flexibility index (Phi) is 5.64. The van der Waals surface area contributed by atoms with E-state index in [2.05, 4.69) is 5.32 Å². The second-order valence-corrected chi connectivity index (χ2v) is 7.07. The Balaban J connectivity index is 3.11. The Hall–Kier alpha value is -0.780. The summed E-state index contributed by atoms with van der Waals surface area (Å²) in [5, 5.41) is 2.89. The summed E-state index contributed by atoms with van der Waals surface area (Å²) in [4.78, 5) is 11.7. The van der Waals surface area contributed by atoms with Gasteiger partial charge in [-0.2, -0.15) is 0 Å². The number of hydrogen-bond donors (Lipinski definition) is 1. The van der Waals surface area contributed by atoms with Crippen molar-refractivity contribution < 1.29 is 13.2 Å². The van der Waals surface area contributed by atoms with Gasteiger partial charge in [0.05, 0.1) is 4.90 Å². The fourth-order valence-electron chi connectivity index (χ4n) is 1.52. The van der Waals surface area contributed by atoms with E-state index >= 15 is 0 Å². The van der Waals surface area contributed by atoms with E-state index in [1.165, 1.54) is 19.1 Å². The summed E-state index contributed by atoms with van der Waals surface area (Å²) >= 11 is 5.93. The number of carbonyl (C=O) groups is 1. The van der Waals surface area contributed by atoms with Crippen LogP contribution in [-0.2, 0) is 9.05 Å². The molecule has 0 fully saturated rings. The third-order valence-corrected chi connectivity index (χ3v) is 4.48. The topological polar surface area (TPSA) is 63.2 Å². The van der Waals surface area contributed by atoms with Gasteiger partial charge in [-0.05, 0) is 31.0 Å². The molecule has 0 heterocycles. The number of nitrogens with one attached hydrogen (secondary N) is 1. The van der Waals surface area contributed by atoms with Crippen LogP contribution in [0.2, 0.25) is 5.02 Å². The summed E-state index contributed by atoms with van der Waals surface area (Å²) in [6.45, 7) is 4.08. The molecule has 0 aliphatic carbocycles. The molecule has 0 saturated heterocycles. The van der Waals surface area contributed by atoms with Crippen molar-refractivity contribution >= 4 is 37.2 Å². The molecule has 4 nitrogen and oxygen atoms in total. The first-order valence-electron chi connectivity index (χ1n) is 5.80. The van der Waals surface area contributed by atoms with Crippen LogP contribution in [0.25, 0.3) is 0 Å². The summed E-state index contributed by atoms with van der Waals surface area (Å²) in [7, 11) is 1.39. The van der Waals surface area contributed by atoms with E-state index in [1.807, 2.05) is 6.92 Å². The monoisotopic (exact) mass is 323 g/mol. The Bertz CT molecular complexity index is 585. The molecule has 1 rings (SSSR count). The molecule has 0 saturated carbocycles. The second-order valence-electron chi connectivity index (χ2n) is 4.13. The maximum absolute atomic E-state index is 11.9. The normalized spacial score (nSPS) is 11.4. The highest BCUT2D eigenvalue weighted by atomic mass is 35.7. The maximum Gasteiger partial charge on any atom is 0.261 e. The van der Waals surface area contributed by atoms with Crippen LogP contribution in [0.15, 0.2) is 17.0 Å². The quantitative estimate of drug-likeness (QED) is 0.669. The smallest absolute Gasteiger partial charge is 0.261 e. The Labute approximate surface area is 122 Å². The molecule has 106 valence electrons. The van der Waals surface area contributed by atoms with Gasteiger partial charge in [-0.25, -0.2) is 8.42 Å². The van der Waals surface area contributed by atoms with E-state index < -0.39 is 9.05 Å². The molecule has 1 amide bonds. The Morgan fingerprint density at radius 3 is 2.53 bits per heavy atom. The fourth-order valence-corrected chi connectivity index (χ4v) is 3.02. The third kappa shape index (κ3) is 4.37. The number of hydrogen-bond acceptors (Lipinski definition) is 3. The molecule has 0 atom stereocenters. The minimum absolute atomic E-state index is 0.137. The lowest BCUT2D eigenvalue weighted by Crippen LogP contribution is -2.24. The molecule has 0 radical (unpaired) electrons. The number of amides is 1. The zero-order chi connectivity index (χ0) is 14.6. The summed E-state index contributed by atoms with van der Waals surface area (Å²) in [6, 6.07) is 2.68. The molecular weight excluding hydrogens is 309 g/mol. The largest absolute Gasteiger partial charge is 0.352 e. The molecule has 0 bridgehead atoms. The van der Waals surface area contributed by atoms with Crippen LogP contribution < -0.4 is 5.32 Å². The van der Waals surface area contributed by atoms with Gasteiger partial charge in [-0.3, -0.25) is 4.79 Å². The SMILES string of the molecule is CCCCNC(=O)c1cc(Cl)c(C)c(S(=O)(=O)Cl)c1. The lowest BCUT2D eigenvalue weighted by atomic mass is 10.1. The molecule has 0 aliphatic rings. The lowest BCUT2D eigenvalue weighted by Gasteiger charge is -2.09. The Morgan fingerprint density at radius 2 is 2.00 bits per heavy atom. The number of rotatable bonds is 5. The van der Waals surface area contributed by atoms with E-state index in [4.69, 9.17) is 22.3 Å². The molecule has 0 aromatic heterocycles. The molecule has 0 unspecified atom stereocenters. The predicted molar refractivity (Wildman–Crippen MR) is 76.5 cm³/mol. The molecule has 0 aliphatic heterocycles. The van der Waals surface area contributed by atoms with Gasteiger partial charge in [0.15, 0.2) is 0 Å². The van der Waals surface area contributed by atoms with Gasteiger partial charge in [0.1, 0.15) is 0 Å². The number of unbranched alkanes of at least 4 members (excludes halogenated alkanes) is 1. The number of carbonyl (C=O) groups excluding carboxylic acids is 1. The molecule has 19 heavy (non-hydrogen) atoms. The third-order valence-electron chi connectivity index (χ3n) is 2.64. The van der Waals surface area contributed by atoms with E-state index in [1.54, 1.807) is 0 Å². The molecule has 7 heteroatoms. The fraction of sp³-hybridized carbons (Fsp3) is 0.417. The minimum Gasteiger partial charge on any atom is -0.352 e. The first kappa shape index (κ1) is 16.3. The van der Waals surface area contributed by atoms with E-state index in [0.29, 0.717) is 12.1 Å². The van der Waals surface area contributed by atoms with Crippen LogP contribution in [0.3, 0.4) is 0 Å². The minimum atomic E-state index is -3.93. The first-order valence-corrected chi connectivity index (χ1v) is 8.49. The molecule has 1 N–H and O–H groups in total. The Morgan fingerprint density at radius 1 is 1.37 bits per heavy atom. The van der Waals surface area contributed by atoms with Crippen molar-refractivity contribution in [1.82, 2.24) is 5.32 Å². The second kappa shape index (κ2) is 6.59.